The fourth-order valence-corrected chi connectivity index (χ4v) is 4.04. The van der Waals surface area contributed by atoms with Crippen molar-refractivity contribution in [3.05, 3.63) is 119 Å². The highest BCUT2D eigenvalue weighted by molar-refractivity contribution is 5.94. The third-order valence-electron chi connectivity index (χ3n) is 5.75. The first kappa shape index (κ1) is 23.5. The quantitative estimate of drug-likeness (QED) is 0.323. The second-order valence-corrected chi connectivity index (χ2v) is 8.15. The second kappa shape index (κ2) is 9.78. The monoisotopic (exact) mass is 497 g/mol. The number of aromatic nitrogens is 3. The van der Waals surface area contributed by atoms with Crippen LogP contribution in [0, 0.1) is 5.82 Å². The van der Waals surface area contributed by atoms with Crippen LogP contribution in [0.3, 0.4) is 0 Å². The van der Waals surface area contributed by atoms with Crippen LogP contribution in [-0.2, 0) is 6.54 Å². The molecule has 3 aromatic carbocycles. The fraction of sp³-hybridized carbons (Fsp3) is 0.0370. The van der Waals surface area contributed by atoms with Crippen LogP contribution >= 0.6 is 0 Å². The number of halogens is 1. The molecule has 10 heteroatoms. The molecular formula is C27H20FN5O4. The normalized spacial score (nSPS) is 10.8. The minimum Gasteiger partial charge on any atom is -0.465 e. The van der Waals surface area contributed by atoms with E-state index in [-0.39, 0.29) is 24.0 Å². The van der Waals surface area contributed by atoms with Crippen LogP contribution in [0.5, 0.6) is 0 Å². The van der Waals surface area contributed by atoms with Gasteiger partial charge in [0.15, 0.2) is 0 Å². The Bertz CT molecular complexity index is 1670. The summed E-state index contributed by atoms with van der Waals surface area (Å²) in [7, 11) is 0. The van der Waals surface area contributed by atoms with Crippen LogP contribution in [0.1, 0.15) is 15.9 Å². The van der Waals surface area contributed by atoms with Crippen molar-refractivity contribution in [2.45, 2.75) is 6.54 Å². The Balaban J connectivity index is 1.46. The number of carbonyl (C=O) groups excluding carboxylic acids is 1. The number of amides is 2. The zero-order chi connectivity index (χ0) is 25.9. The molecule has 0 saturated heterocycles. The van der Waals surface area contributed by atoms with Crippen molar-refractivity contribution in [2.75, 3.05) is 5.32 Å². The van der Waals surface area contributed by atoms with Crippen molar-refractivity contribution >= 4 is 28.7 Å². The van der Waals surface area contributed by atoms with E-state index in [4.69, 9.17) is 5.11 Å². The Morgan fingerprint density at radius 2 is 1.62 bits per heavy atom. The number of carbonyl (C=O) groups is 2. The largest absolute Gasteiger partial charge is 0.465 e. The summed E-state index contributed by atoms with van der Waals surface area (Å²) in [6, 6.07) is 20.6. The maximum atomic E-state index is 13.6. The molecule has 2 heterocycles. The molecule has 0 fully saturated rings. The van der Waals surface area contributed by atoms with Crippen LogP contribution in [0.25, 0.3) is 22.4 Å². The molecule has 5 aromatic rings. The molecule has 0 saturated carbocycles. The van der Waals surface area contributed by atoms with Gasteiger partial charge in [0.1, 0.15) is 5.82 Å². The topological polar surface area (TPSA) is 118 Å². The fourth-order valence-electron chi connectivity index (χ4n) is 4.04. The highest BCUT2D eigenvalue weighted by atomic mass is 19.1. The van der Waals surface area contributed by atoms with Gasteiger partial charge in [0.2, 0.25) is 0 Å². The summed E-state index contributed by atoms with van der Waals surface area (Å²) in [5.74, 6) is -0.655. The van der Waals surface area contributed by atoms with Crippen LogP contribution in [-0.4, -0.2) is 31.2 Å². The van der Waals surface area contributed by atoms with Crippen LogP contribution in [0.2, 0.25) is 0 Å². The first-order valence-electron chi connectivity index (χ1n) is 11.2. The number of pyridine rings is 1. The van der Waals surface area contributed by atoms with Crippen molar-refractivity contribution < 1.29 is 19.1 Å². The van der Waals surface area contributed by atoms with Gasteiger partial charge < -0.3 is 10.4 Å². The van der Waals surface area contributed by atoms with Crippen molar-refractivity contribution in [1.29, 1.82) is 0 Å². The zero-order valence-electron chi connectivity index (χ0n) is 19.3. The third kappa shape index (κ3) is 4.80. The molecular weight excluding hydrogens is 477 g/mol. The summed E-state index contributed by atoms with van der Waals surface area (Å²) >= 11 is 0. The average molecular weight is 497 g/mol. The zero-order valence-corrected chi connectivity index (χ0v) is 19.3. The molecule has 0 unspecified atom stereocenters. The van der Waals surface area contributed by atoms with Gasteiger partial charge in [0.25, 0.3) is 5.91 Å². The molecule has 5 rings (SSSR count). The molecule has 0 atom stereocenters. The van der Waals surface area contributed by atoms with E-state index in [1.165, 1.54) is 21.3 Å². The van der Waals surface area contributed by atoms with E-state index in [1.54, 1.807) is 79.1 Å². The minimum atomic E-state index is -1.21. The number of nitrogens with zero attached hydrogens (tertiary/aromatic N) is 3. The summed E-state index contributed by atoms with van der Waals surface area (Å²) in [5.41, 5.74) is 3.21. The predicted octanol–water partition coefficient (Wildman–Crippen LogP) is 4.34. The number of rotatable bonds is 6. The minimum absolute atomic E-state index is 0.245. The maximum Gasteiger partial charge on any atom is 0.409 e. The van der Waals surface area contributed by atoms with E-state index >= 15 is 0 Å². The Morgan fingerprint density at radius 3 is 2.35 bits per heavy atom. The predicted molar refractivity (Wildman–Crippen MR) is 136 cm³/mol. The summed E-state index contributed by atoms with van der Waals surface area (Å²) in [6.45, 7) is 0.245. The van der Waals surface area contributed by atoms with Gasteiger partial charge in [-0.1, -0.05) is 18.2 Å². The lowest BCUT2D eigenvalue weighted by Crippen LogP contribution is -2.23. The summed E-state index contributed by atoms with van der Waals surface area (Å²) in [6.07, 6.45) is 1.92. The second-order valence-electron chi connectivity index (χ2n) is 8.15. The lowest BCUT2D eigenvalue weighted by Gasteiger charge is -2.08. The number of nitrogens with one attached hydrogen (secondary N) is 2. The Hall–Kier alpha value is -5.25. The van der Waals surface area contributed by atoms with Gasteiger partial charge in [-0.15, -0.1) is 0 Å². The number of benzene rings is 3. The lowest BCUT2D eigenvalue weighted by atomic mass is 10.1. The van der Waals surface area contributed by atoms with Gasteiger partial charge in [-0.05, 0) is 66.2 Å². The molecule has 0 aliphatic heterocycles. The van der Waals surface area contributed by atoms with Gasteiger partial charge in [0, 0.05) is 24.0 Å². The van der Waals surface area contributed by atoms with E-state index in [0.29, 0.717) is 33.7 Å². The molecule has 0 aliphatic rings. The number of anilines is 1. The molecule has 2 amide bonds. The van der Waals surface area contributed by atoms with Crippen molar-refractivity contribution in [2.24, 2.45) is 0 Å². The van der Waals surface area contributed by atoms with Crippen molar-refractivity contribution in [3.8, 4) is 11.4 Å². The van der Waals surface area contributed by atoms with Gasteiger partial charge in [0.05, 0.1) is 28.6 Å². The molecule has 0 bridgehead atoms. The summed E-state index contributed by atoms with van der Waals surface area (Å²) in [5, 5.41) is 14.1. The average Bonchev–Trinajstić information content (AvgIpc) is 3.19. The number of hydrogen-bond donors (Lipinski definition) is 3. The first-order valence-corrected chi connectivity index (χ1v) is 11.2. The Labute approximate surface area is 209 Å². The number of imidazole rings is 1. The smallest absolute Gasteiger partial charge is 0.409 e. The molecule has 0 spiro atoms. The Morgan fingerprint density at radius 1 is 0.892 bits per heavy atom. The van der Waals surface area contributed by atoms with E-state index in [0.717, 1.165) is 5.56 Å². The molecule has 3 N–H and O–H groups in total. The maximum absolute atomic E-state index is 13.6. The number of fused-ring (bicyclic) bond motifs is 1. The van der Waals surface area contributed by atoms with E-state index in [9.17, 15) is 18.8 Å². The van der Waals surface area contributed by atoms with E-state index in [2.05, 4.69) is 15.6 Å². The first-order chi connectivity index (χ1) is 17.9. The molecule has 9 nitrogen and oxygen atoms in total. The highest BCUT2D eigenvalue weighted by Gasteiger charge is 2.17. The molecule has 0 radical (unpaired) electrons. The van der Waals surface area contributed by atoms with Crippen LogP contribution in [0.15, 0.2) is 96.1 Å². The summed E-state index contributed by atoms with van der Waals surface area (Å²) in [4.78, 5) is 41.4. The van der Waals surface area contributed by atoms with Gasteiger partial charge in [-0.3, -0.25) is 24.2 Å². The van der Waals surface area contributed by atoms with Gasteiger partial charge >= 0.3 is 11.8 Å². The molecule has 184 valence electrons. The third-order valence-corrected chi connectivity index (χ3v) is 5.75. The van der Waals surface area contributed by atoms with E-state index < -0.39 is 6.09 Å². The lowest BCUT2D eigenvalue weighted by molar-refractivity contribution is 0.0951. The SMILES string of the molecule is O=C(O)Nc1cccc(-n2c(=O)n(-c3ccc(C(=O)NCc4ccc(F)cc4)cc3)c3cnccc32)c1. The number of hydrogen-bond acceptors (Lipinski definition) is 4. The van der Waals surface area contributed by atoms with Gasteiger partial charge in [-0.25, -0.2) is 14.0 Å². The van der Waals surface area contributed by atoms with Crippen LogP contribution in [0.4, 0.5) is 14.9 Å². The highest BCUT2D eigenvalue weighted by Crippen LogP contribution is 2.22. The van der Waals surface area contributed by atoms with Crippen LogP contribution < -0.4 is 16.3 Å². The van der Waals surface area contributed by atoms with E-state index in [1.807, 2.05) is 0 Å². The van der Waals surface area contributed by atoms with Crippen molar-refractivity contribution in [3.63, 3.8) is 0 Å². The summed E-state index contributed by atoms with van der Waals surface area (Å²) < 4.78 is 16.0. The molecule has 2 aromatic heterocycles. The Kier molecular flexibility index (Phi) is 6.21. The standard InChI is InChI=1S/C27H20FN5O4/c28-19-8-4-17(5-9-19)15-30-25(34)18-6-10-21(11-7-18)32-24-16-29-13-12-23(24)33(27(32)37)22-3-1-2-20(14-22)31-26(35)36/h1-14,16,31H,15H2,(H,30,34)(H,35,36). The van der Waals surface area contributed by atoms with Gasteiger partial charge in [-0.2, -0.15) is 0 Å². The molecule has 37 heavy (non-hydrogen) atoms. The molecule has 0 aliphatic carbocycles. The van der Waals surface area contributed by atoms with Crippen molar-refractivity contribution in [1.82, 2.24) is 19.4 Å². The number of carboxylic acid groups (broad SMARTS) is 1.